The highest BCUT2D eigenvalue weighted by molar-refractivity contribution is 7.80. The predicted octanol–water partition coefficient (Wildman–Crippen LogP) is 1.94. The molecule has 2 rings (SSSR count). The third kappa shape index (κ3) is 4.21. The van der Waals surface area contributed by atoms with Gasteiger partial charge in [0.1, 0.15) is 11.6 Å². The van der Waals surface area contributed by atoms with Crippen molar-refractivity contribution < 1.29 is 13.5 Å². The summed E-state index contributed by atoms with van der Waals surface area (Å²) in [5.74, 6) is -1.34. The van der Waals surface area contributed by atoms with Crippen LogP contribution >= 0.6 is 12.2 Å². The molecule has 1 heterocycles. The van der Waals surface area contributed by atoms with Crippen LogP contribution in [-0.2, 0) is 4.74 Å². The van der Waals surface area contributed by atoms with Gasteiger partial charge in [-0.15, -0.1) is 0 Å². The molecule has 0 spiro atoms. The quantitative estimate of drug-likeness (QED) is 0.507. The van der Waals surface area contributed by atoms with Gasteiger partial charge in [0.05, 0.1) is 17.9 Å². The van der Waals surface area contributed by atoms with Crippen molar-refractivity contribution in [3.8, 4) is 0 Å². The Kier molecular flexibility index (Phi) is 5.37. The molecule has 4 nitrogen and oxygen atoms in total. The van der Waals surface area contributed by atoms with E-state index in [-0.39, 0.29) is 16.8 Å². The summed E-state index contributed by atoms with van der Waals surface area (Å²) in [7, 11) is 0. The van der Waals surface area contributed by atoms with E-state index in [1.807, 2.05) is 0 Å². The van der Waals surface area contributed by atoms with Gasteiger partial charge in [-0.25, -0.2) is 8.78 Å². The lowest BCUT2D eigenvalue weighted by Gasteiger charge is -2.11. The summed E-state index contributed by atoms with van der Waals surface area (Å²) in [5, 5.41) is 6.93. The van der Waals surface area contributed by atoms with Gasteiger partial charge in [-0.1, -0.05) is 6.07 Å². The molecule has 0 bridgehead atoms. The molecule has 108 valence electrons. The normalized spacial score (nSPS) is 18.4. The van der Waals surface area contributed by atoms with Crippen LogP contribution in [0.5, 0.6) is 0 Å². The smallest absolute Gasteiger partial charge is 0.187 e. The van der Waals surface area contributed by atoms with Crippen LogP contribution in [-0.4, -0.2) is 30.6 Å². The van der Waals surface area contributed by atoms with Crippen molar-refractivity contribution >= 4 is 23.5 Å². The minimum Gasteiger partial charge on any atom is -0.376 e. The van der Waals surface area contributed by atoms with Crippen molar-refractivity contribution in [1.82, 2.24) is 10.7 Å². The van der Waals surface area contributed by atoms with Gasteiger partial charge in [0.15, 0.2) is 5.11 Å². The lowest BCUT2D eigenvalue weighted by Crippen LogP contribution is -2.37. The summed E-state index contributed by atoms with van der Waals surface area (Å²) in [6, 6.07) is 3.63. The Labute approximate surface area is 121 Å². The summed E-state index contributed by atoms with van der Waals surface area (Å²) in [5.41, 5.74) is 2.30. The van der Waals surface area contributed by atoms with Crippen LogP contribution in [0.15, 0.2) is 23.3 Å². The molecule has 0 radical (unpaired) electrons. The van der Waals surface area contributed by atoms with Gasteiger partial charge in [0, 0.05) is 13.2 Å². The molecule has 0 aromatic heterocycles. The number of rotatable bonds is 4. The first-order valence-corrected chi connectivity index (χ1v) is 6.70. The fraction of sp³-hybridized carbons (Fsp3) is 0.385. The summed E-state index contributed by atoms with van der Waals surface area (Å²) in [4.78, 5) is 0. The zero-order valence-corrected chi connectivity index (χ0v) is 11.6. The second-order valence-electron chi connectivity index (χ2n) is 4.35. The second-order valence-corrected chi connectivity index (χ2v) is 4.76. The van der Waals surface area contributed by atoms with E-state index in [0.717, 1.165) is 25.7 Å². The number of hydrogen-bond acceptors (Lipinski definition) is 3. The lowest BCUT2D eigenvalue weighted by atomic mass is 10.2. The van der Waals surface area contributed by atoms with Crippen LogP contribution in [0.1, 0.15) is 18.4 Å². The number of thiocarbonyl (C=S) groups is 1. The SMILES string of the molecule is Fc1cccc(F)c1/C=N\NC(=S)NC[C@H]1CCCO1. The topological polar surface area (TPSA) is 45.7 Å². The summed E-state index contributed by atoms with van der Waals surface area (Å²) in [6.45, 7) is 1.37. The van der Waals surface area contributed by atoms with Gasteiger partial charge >= 0.3 is 0 Å². The van der Waals surface area contributed by atoms with E-state index in [2.05, 4.69) is 15.8 Å². The van der Waals surface area contributed by atoms with Crippen molar-refractivity contribution in [1.29, 1.82) is 0 Å². The largest absolute Gasteiger partial charge is 0.376 e. The molecule has 20 heavy (non-hydrogen) atoms. The van der Waals surface area contributed by atoms with Crippen molar-refractivity contribution in [3.05, 3.63) is 35.4 Å². The molecular formula is C13H15F2N3OS. The Morgan fingerprint density at radius 2 is 2.20 bits per heavy atom. The molecule has 0 saturated carbocycles. The van der Waals surface area contributed by atoms with Crippen LogP contribution in [0.4, 0.5) is 8.78 Å². The Balaban J connectivity index is 1.79. The van der Waals surface area contributed by atoms with E-state index in [1.54, 1.807) is 0 Å². The molecule has 7 heteroatoms. The maximum Gasteiger partial charge on any atom is 0.187 e. The summed E-state index contributed by atoms with van der Waals surface area (Å²) < 4.78 is 32.0. The minimum absolute atomic E-state index is 0.155. The average Bonchev–Trinajstić information content (AvgIpc) is 2.93. The molecule has 1 atom stereocenters. The fourth-order valence-corrected chi connectivity index (χ4v) is 1.98. The van der Waals surface area contributed by atoms with Gasteiger partial charge in [-0.2, -0.15) is 5.10 Å². The van der Waals surface area contributed by atoms with E-state index in [4.69, 9.17) is 17.0 Å². The van der Waals surface area contributed by atoms with E-state index in [9.17, 15) is 8.78 Å². The van der Waals surface area contributed by atoms with E-state index < -0.39 is 11.6 Å². The monoisotopic (exact) mass is 299 g/mol. The minimum atomic E-state index is -0.672. The van der Waals surface area contributed by atoms with E-state index in [0.29, 0.717) is 6.54 Å². The van der Waals surface area contributed by atoms with Gasteiger partial charge in [-0.05, 0) is 37.2 Å². The molecule has 1 aliphatic heterocycles. The molecule has 0 unspecified atom stereocenters. The fourth-order valence-electron chi connectivity index (χ4n) is 1.84. The van der Waals surface area contributed by atoms with Gasteiger partial charge in [0.25, 0.3) is 0 Å². The van der Waals surface area contributed by atoms with Crippen molar-refractivity contribution in [2.75, 3.05) is 13.2 Å². The average molecular weight is 299 g/mol. The van der Waals surface area contributed by atoms with Crippen molar-refractivity contribution in [3.63, 3.8) is 0 Å². The Bertz CT molecular complexity index is 484. The predicted molar refractivity (Wildman–Crippen MR) is 76.7 cm³/mol. The molecule has 1 aliphatic rings. The van der Waals surface area contributed by atoms with Crippen LogP contribution in [0.3, 0.4) is 0 Å². The first-order chi connectivity index (χ1) is 9.66. The highest BCUT2D eigenvalue weighted by Crippen LogP contribution is 2.10. The number of halogens is 2. The molecule has 0 amide bonds. The first-order valence-electron chi connectivity index (χ1n) is 6.29. The lowest BCUT2D eigenvalue weighted by molar-refractivity contribution is 0.114. The number of nitrogens with zero attached hydrogens (tertiary/aromatic N) is 1. The van der Waals surface area contributed by atoms with Crippen LogP contribution in [0.2, 0.25) is 0 Å². The van der Waals surface area contributed by atoms with Gasteiger partial charge in [0.2, 0.25) is 0 Å². The van der Waals surface area contributed by atoms with Crippen molar-refractivity contribution in [2.45, 2.75) is 18.9 Å². The molecule has 1 fully saturated rings. The third-order valence-electron chi connectivity index (χ3n) is 2.87. The van der Waals surface area contributed by atoms with Gasteiger partial charge < -0.3 is 10.1 Å². The standard InChI is InChI=1S/C13H15F2N3OS/c14-11-4-1-5-12(15)10(11)8-17-18-13(20)16-7-9-3-2-6-19-9/h1,4-5,8-9H,2-3,6-7H2,(H2,16,18,20)/b17-8-/t9-/m1/s1. The number of nitrogens with one attached hydrogen (secondary N) is 2. The number of benzene rings is 1. The summed E-state index contributed by atoms with van der Waals surface area (Å²) in [6.07, 6.45) is 3.27. The molecule has 1 aromatic carbocycles. The molecular weight excluding hydrogens is 284 g/mol. The zero-order valence-electron chi connectivity index (χ0n) is 10.7. The van der Waals surface area contributed by atoms with Crippen LogP contribution in [0.25, 0.3) is 0 Å². The first kappa shape index (κ1) is 14.8. The second kappa shape index (κ2) is 7.25. The maximum absolute atomic E-state index is 13.3. The van der Waals surface area contributed by atoms with E-state index in [1.165, 1.54) is 18.2 Å². The Morgan fingerprint density at radius 3 is 2.85 bits per heavy atom. The third-order valence-corrected chi connectivity index (χ3v) is 3.11. The molecule has 1 saturated heterocycles. The molecule has 1 aromatic rings. The van der Waals surface area contributed by atoms with Crippen molar-refractivity contribution in [2.24, 2.45) is 5.10 Å². The number of ether oxygens (including phenoxy) is 1. The highest BCUT2D eigenvalue weighted by Gasteiger charge is 2.15. The molecule has 2 N–H and O–H groups in total. The Hall–Kier alpha value is -1.60. The van der Waals surface area contributed by atoms with E-state index >= 15 is 0 Å². The van der Waals surface area contributed by atoms with Gasteiger partial charge in [-0.3, -0.25) is 5.43 Å². The number of hydrazone groups is 1. The van der Waals surface area contributed by atoms with Crippen LogP contribution < -0.4 is 10.7 Å². The Morgan fingerprint density at radius 1 is 1.45 bits per heavy atom. The number of hydrogen-bond donors (Lipinski definition) is 2. The van der Waals surface area contributed by atoms with Crippen LogP contribution in [0, 0.1) is 11.6 Å². The highest BCUT2D eigenvalue weighted by atomic mass is 32.1. The zero-order chi connectivity index (χ0) is 14.4. The molecule has 0 aliphatic carbocycles. The summed E-state index contributed by atoms with van der Waals surface area (Å²) >= 11 is 4.99. The maximum atomic E-state index is 13.3.